The number of aliphatic hydroxyl groups is 2. The Morgan fingerprint density at radius 2 is 2.13 bits per heavy atom. The lowest BCUT2D eigenvalue weighted by atomic mass is 10.3. The summed E-state index contributed by atoms with van der Waals surface area (Å²) < 4.78 is 6.51. The molecule has 1 aromatic carbocycles. The lowest BCUT2D eigenvalue weighted by Crippen LogP contribution is -2.20. The molecule has 1 heterocycles. The molecule has 1 unspecified atom stereocenters. The predicted octanol–water partition coefficient (Wildman–Crippen LogP) is 1.63. The van der Waals surface area contributed by atoms with Crippen molar-refractivity contribution < 1.29 is 14.9 Å². The normalized spacial score (nSPS) is 12.9. The zero-order valence-corrected chi connectivity index (χ0v) is 8.91. The number of benzene rings is 1. The summed E-state index contributed by atoms with van der Waals surface area (Å²) in [5.74, 6) is 0. The van der Waals surface area contributed by atoms with Gasteiger partial charge in [-0.3, -0.25) is 0 Å². The maximum absolute atomic E-state index is 9.12. The quantitative estimate of drug-likeness (QED) is 0.830. The van der Waals surface area contributed by atoms with Gasteiger partial charge in [-0.1, -0.05) is 29.5 Å². The standard InChI is InChI=1S/C11H12O3S/c12-6-9(13)7-14-11-5-8-3-1-2-4-10(8)15-11/h1-5,9,12-13H,6-7H2. The molecule has 1 atom stereocenters. The van der Waals surface area contributed by atoms with Gasteiger partial charge in [-0.05, 0) is 17.5 Å². The molecule has 0 saturated carbocycles. The van der Waals surface area contributed by atoms with E-state index in [0.717, 1.165) is 15.1 Å². The molecule has 15 heavy (non-hydrogen) atoms. The monoisotopic (exact) mass is 224 g/mol. The first-order valence-corrected chi connectivity index (χ1v) is 5.51. The SMILES string of the molecule is OCC(O)COc1cc2ccccc2s1. The van der Waals surface area contributed by atoms with E-state index >= 15 is 0 Å². The Balaban J connectivity index is 2.09. The summed E-state index contributed by atoms with van der Waals surface area (Å²) in [5, 5.41) is 19.7. The molecule has 0 aliphatic rings. The van der Waals surface area contributed by atoms with E-state index in [1.807, 2.05) is 30.3 Å². The van der Waals surface area contributed by atoms with Crippen molar-refractivity contribution in [2.45, 2.75) is 6.10 Å². The Bertz CT molecular complexity index is 405. The van der Waals surface area contributed by atoms with E-state index in [1.165, 1.54) is 11.3 Å². The van der Waals surface area contributed by atoms with Crippen molar-refractivity contribution in [3.8, 4) is 5.06 Å². The molecule has 0 bridgehead atoms. The van der Waals surface area contributed by atoms with Crippen LogP contribution in [0.4, 0.5) is 0 Å². The van der Waals surface area contributed by atoms with E-state index in [2.05, 4.69) is 0 Å². The highest BCUT2D eigenvalue weighted by Crippen LogP contribution is 2.31. The van der Waals surface area contributed by atoms with E-state index in [9.17, 15) is 0 Å². The second-order valence-corrected chi connectivity index (χ2v) is 4.30. The number of thiophene rings is 1. The molecule has 80 valence electrons. The van der Waals surface area contributed by atoms with Gasteiger partial charge in [-0.2, -0.15) is 0 Å². The summed E-state index contributed by atoms with van der Waals surface area (Å²) in [4.78, 5) is 0. The van der Waals surface area contributed by atoms with E-state index in [-0.39, 0.29) is 13.2 Å². The molecule has 0 aliphatic heterocycles. The highest BCUT2D eigenvalue weighted by atomic mass is 32.1. The van der Waals surface area contributed by atoms with Crippen molar-refractivity contribution in [1.29, 1.82) is 0 Å². The van der Waals surface area contributed by atoms with Crippen LogP contribution in [0.3, 0.4) is 0 Å². The molecule has 0 radical (unpaired) electrons. The first-order chi connectivity index (χ1) is 7.29. The van der Waals surface area contributed by atoms with Crippen LogP contribution in [0.2, 0.25) is 0 Å². The third-order valence-electron chi connectivity index (χ3n) is 2.03. The lowest BCUT2D eigenvalue weighted by molar-refractivity contribution is 0.0548. The second-order valence-electron chi connectivity index (χ2n) is 3.25. The summed E-state index contributed by atoms with van der Waals surface area (Å²) in [6.07, 6.45) is -0.810. The van der Waals surface area contributed by atoms with Gasteiger partial charge < -0.3 is 14.9 Å². The van der Waals surface area contributed by atoms with Crippen molar-refractivity contribution in [3.05, 3.63) is 30.3 Å². The van der Waals surface area contributed by atoms with Crippen molar-refractivity contribution in [1.82, 2.24) is 0 Å². The highest BCUT2D eigenvalue weighted by molar-refractivity contribution is 7.20. The zero-order chi connectivity index (χ0) is 10.7. The van der Waals surface area contributed by atoms with Gasteiger partial charge in [-0.25, -0.2) is 0 Å². The Morgan fingerprint density at radius 3 is 2.87 bits per heavy atom. The third-order valence-corrected chi connectivity index (χ3v) is 3.06. The van der Waals surface area contributed by atoms with Crippen LogP contribution in [0.1, 0.15) is 0 Å². The number of ether oxygens (including phenoxy) is 1. The third kappa shape index (κ3) is 2.47. The van der Waals surface area contributed by atoms with E-state index in [1.54, 1.807) is 0 Å². The first kappa shape index (κ1) is 10.4. The van der Waals surface area contributed by atoms with Gasteiger partial charge in [0.05, 0.1) is 6.61 Å². The molecular weight excluding hydrogens is 212 g/mol. The highest BCUT2D eigenvalue weighted by Gasteiger charge is 2.05. The molecule has 0 spiro atoms. The molecule has 0 fully saturated rings. The van der Waals surface area contributed by atoms with Gasteiger partial charge in [0.15, 0.2) is 5.06 Å². The number of rotatable bonds is 4. The topological polar surface area (TPSA) is 49.7 Å². The molecule has 2 N–H and O–H groups in total. The van der Waals surface area contributed by atoms with Gasteiger partial charge in [-0.15, -0.1) is 0 Å². The molecule has 0 saturated heterocycles. The Hall–Kier alpha value is -1.10. The number of fused-ring (bicyclic) bond motifs is 1. The fourth-order valence-corrected chi connectivity index (χ4v) is 2.18. The van der Waals surface area contributed by atoms with Gasteiger partial charge >= 0.3 is 0 Å². The van der Waals surface area contributed by atoms with Crippen molar-refractivity contribution in [2.75, 3.05) is 13.2 Å². The molecule has 4 heteroatoms. The largest absolute Gasteiger partial charge is 0.481 e. The molecule has 2 rings (SSSR count). The van der Waals surface area contributed by atoms with E-state index < -0.39 is 6.10 Å². The summed E-state index contributed by atoms with van der Waals surface area (Å²) >= 11 is 1.53. The second kappa shape index (κ2) is 4.61. The van der Waals surface area contributed by atoms with Crippen LogP contribution >= 0.6 is 11.3 Å². The van der Waals surface area contributed by atoms with Gasteiger partial charge in [0.25, 0.3) is 0 Å². The fraction of sp³-hybridized carbons (Fsp3) is 0.273. The van der Waals surface area contributed by atoms with E-state index in [4.69, 9.17) is 14.9 Å². The summed E-state index contributed by atoms with van der Waals surface area (Å²) in [6, 6.07) is 9.92. The predicted molar refractivity (Wildman–Crippen MR) is 60.4 cm³/mol. The van der Waals surface area contributed by atoms with Crippen LogP contribution in [0.15, 0.2) is 30.3 Å². The molecule has 0 aliphatic carbocycles. The average Bonchev–Trinajstić information content (AvgIpc) is 2.68. The molecule has 0 amide bonds. The minimum absolute atomic E-state index is 0.128. The summed E-state index contributed by atoms with van der Waals surface area (Å²) in [6.45, 7) is -0.145. The number of hydrogen-bond donors (Lipinski definition) is 2. The minimum Gasteiger partial charge on any atom is -0.481 e. The Morgan fingerprint density at radius 1 is 1.33 bits per heavy atom. The first-order valence-electron chi connectivity index (χ1n) is 4.70. The number of aliphatic hydroxyl groups excluding tert-OH is 2. The van der Waals surface area contributed by atoms with Crippen LogP contribution in [-0.2, 0) is 0 Å². The lowest BCUT2D eigenvalue weighted by Gasteiger charge is -2.06. The van der Waals surface area contributed by atoms with Crippen LogP contribution < -0.4 is 4.74 Å². The van der Waals surface area contributed by atoms with Crippen LogP contribution in [-0.4, -0.2) is 29.5 Å². The van der Waals surface area contributed by atoms with Gasteiger partial charge in [0.2, 0.25) is 0 Å². The van der Waals surface area contributed by atoms with Crippen LogP contribution in [0, 0.1) is 0 Å². The molecule has 3 nitrogen and oxygen atoms in total. The summed E-state index contributed by atoms with van der Waals surface area (Å²) in [7, 11) is 0. The molecule has 2 aromatic rings. The maximum atomic E-state index is 9.12. The Labute approximate surface area is 91.6 Å². The van der Waals surface area contributed by atoms with Crippen LogP contribution in [0.5, 0.6) is 5.06 Å². The summed E-state index contributed by atoms with van der Waals surface area (Å²) in [5.41, 5.74) is 0. The Kier molecular flexibility index (Phi) is 3.20. The van der Waals surface area contributed by atoms with Crippen molar-refractivity contribution in [2.24, 2.45) is 0 Å². The van der Waals surface area contributed by atoms with Crippen LogP contribution in [0.25, 0.3) is 10.1 Å². The fourth-order valence-electron chi connectivity index (χ4n) is 1.26. The molecule has 1 aromatic heterocycles. The van der Waals surface area contributed by atoms with Gasteiger partial charge in [0, 0.05) is 4.70 Å². The van der Waals surface area contributed by atoms with Gasteiger partial charge in [0.1, 0.15) is 12.7 Å². The maximum Gasteiger partial charge on any atom is 0.175 e. The van der Waals surface area contributed by atoms with E-state index in [0.29, 0.717) is 0 Å². The van der Waals surface area contributed by atoms with Crippen molar-refractivity contribution >= 4 is 21.4 Å². The zero-order valence-electron chi connectivity index (χ0n) is 8.09. The molecular formula is C11H12O3S. The smallest absolute Gasteiger partial charge is 0.175 e. The average molecular weight is 224 g/mol. The minimum atomic E-state index is -0.810. The van der Waals surface area contributed by atoms with Crippen molar-refractivity contribution in [3.63, 3.8) is 0 Å². The number of hydrogen-bond acceptors (Lipinski definition) is 4.